The molecule has 2 aromatic rings. The summed E-state index contributed by atoms with van der Waals surface area (Å²) in [6, 6.07) is 16.6. The average molecular weight is 411 g/mol. The largest absolute Gasteiger partial charge is 0.491 e. The van der Waals surface area contributed by atoms with Crippen LogP contribution in [0.15, 0.2) is 53.5 Å². The van der Waals surface area contributed by atoms with Crippen molar-refractivity contribution in [3.8, 4) is 5.75 Å². The van der Waals surface area contributed by atoms with E-state index in [0.717, 1.165) is 56.7 Å². The second-order valence-electron chi connectivity index (χ2n) is 7.39. The van der Waals surface area contributed by atoms with E-state index in [1.165, 1.54) is 11.1 Å². The van der Waals surface area contributed by atoms with Crippen molar-refractivity contribution in [1.82, 2.24) is 15.5 Å². The molecule has 0 aliphatic carbocycles. The summed E-state index contributed by atoms with van der Waals surface area (Å²) in [5.41, 5.74) is 3.74. The fraction of sp³-hybridized carbons (Fsp3) is 0.458. The van der Waals surface area contributed by atoms with E-state index in [9.17, 15) is 0 Å². The lowest BCUT2D eigenvalue weighted by molar-refractivity contribution is 0.0341. The SMILES string of the molecule is CCNC(=NCc1ccccc1CN1CCOCC1)NCCOc1ccccc1C. The summed E-state index contributed by atoms with van der Waals surface area (Å²) in [5.74, 6) is 1.74. The minimum atomic E-state index is 0.586. The molecule has 3 rings (SSSR count). The van der Waals surface area contributed by atoms with Crippen molar-refractivity contribution in [2.24, 2.45) is 4.99 Å². The summed E-state index contributed by atoms with van der Waals surface area (Å²) in [6.45, 7) is 11.4. The van der Waals surface area contributed by atoms with Crippen molar-refractivity contribution < 1.29 is 9.47 Å². The normalized spacial score (nSPS) is 15.1. The molecule has 0 unspecified atom stereocenters. The molecule has 2 N–H and O–H groups in total. The second kappa shape index (κ2) is 12.2. The Hall–Kier alpha value is -2.57. The van der Waals surface area contributed by atoms with E-state index in [2.05, 4.69) is 59.7 Å². The lowest BCUT2D eigenvalue weighted by Crippen LogP contribution is -2.39. The third kappa shape index (κ3) is 7.04. The van der Waals surface area contributed by atoms with E-state index in [-0.39, 0.29) is 0 Å². The van der Waals surface area contributed by atoms with Crippen LogP contribution in [0.3, 0.4) is 0 Å². The first-order chi connectivity index (χ1) is 14.8. The maximum absolute atomic E-state index is 5.87. The van der Waals surface area contributed by atoms with Crippen molar-refractivity contribution in [1.29, 1.82) is 0 Å². The molecule has 162 valence electrons. The summed E-state index contributed by atoms with van der Waals surface area (Å²) in [6.07, 6.45) is 0. The summed E-state index contributed by atoms with van der Waals surface area (Å²) < 4.78 is 11.3. The van der Waals surface area contributed by atoms with Gasteiger partial charge in [0.1, 0.15) is 12.4 Å². The Labute approximate surface area is 180 Å². The number of morpholine rings is 1. The van der Waals surface area contributed by atoms with Gasteiger partial charge in [0, 0.05) is 26.2 Å². The van der Waals surface area contributed by atoms with Gasteiger partial charge in [-0.1, -0.05) is 42.5 Å². The first-order valence-corrected chi connectivity index (χ1v) is 10.8. The first-order valence-electron chi connectivity index (χ1n) is 10.8. The van der Waals surface area contributed by atoms with Crippen LogP contribution < -0.4 is 15.4 Å². The molecule has 30 heavy (non-hydrogen) atoms. The zero-order valence-corrected chi connectivity index (χ0v) is 18.2. The fourth-order valence-electron chi connectivity index (χ4n) is 3.42. The Balaban J connectivity index is 1.53. The molecule has 6 heteroatoms. The molecule has 1 heterocycles. The van der Waals surface area contributed by atoms with Gasteiger partial charge in [0.25, 0.3) is 0 Å². The topological polar surface area (TPSA) is 58.1 Å². The van der Waals surface area contributed by atoms with Crippen LogP contribution in [0.2, 0.25) is 0 Å². The maximum Gasteiger partial charge on any atom is 0.191 e. The molecular formula is C24H34N4O2. The van der Waals surface area contributed by atoms with Gasteiger partial charge < -0.3 is 20.1 Å². The van der Waals surface area contributed by atoms with E-state index in [0.29, 0.717) is 19.7 Å². The van der Waals surface area contributed by atoms with Crippen LogP contribution in [-0.2, 0) is 17.8 Å². The monoisotopic (exact) mass is 410 g/mol. The molecule has 1 aliphatic heterocycles. The molecule has 1 fully saturated rings. The minimum Gasteiger partial charge on any atom is -0.491 e. The molecule has 6 nitrogen and oxygen atoms in total. The van der Waals surface area contributed by atoms with E-state index in [4.69, 9.17) is 14.5 Å². The highest BCUT2D eigenvalue weighted by Gasteiger charge is 2.12. The van der Waals surface area contributed by atoms with Crippen LogP contribution in [-0.4, -0.2) is 56.9 Å². The van der Waals surface area contributed by atoms with Gasteiger partial charge in [-0.2, -0.15) is 0 Å². The van der Waals surface area contributed by atoms with Gasteiger partial charge in [0.15, 0.2) is 5.96 Å². The number of para-hydroxylation sites is 1. The molecule has 0 spiro atoms. The molecule has 0 atom stereocenters. The predicted octanol–water partition coefficient (Wildman–Crippen LogP) is 2.96. The molecular weight excluding hydrogens is 376 g/mol. The molecule has 2 aromatic carbocycles. The maximum atomic E-state index is 5.87. The Bertz CT molecular complexity index is 803. The number of benzene rings is 2. The summed E-state index contributed by atoms with van der Waals surface area (Å²) >= 11 is 0. The van der Waals surface area contributed by atoms with Crippen molar-refractivity contribution >= 4 is 5.96 Å². The van der Waals surface area contributed by atoms with Crippen molar-refractivity contribution in [3.05, 3.63) is 65.2 Å². The van der Waals surface area contributed by atoms with Gasteiger partial charge in [-0.25, -0.2) is 4.99 Å². The number of ether oxygens (including phenoxy) is 2. The lowest BCUT2D eigenvalue weighted by atomic mass is 10.1. The van der Waals surface area contributed by atoms with Crippen molar-refractivity contribution in [3.63, 3.8) is 0 Å². The number of hydrogen-bond acceptors (Lipinski definition) is 4. The Morgan fingerprint density at radius 2 is 1.77 bits per heavy atom. The lowest BCUT2D eigenvalue weighted by Gasteiger charge is -2.27. The zero-order valence-electron chi connectivity index (χ0n) is 18.2. The molecule has 0 aromatic heterocycles. The van der Waals surface area contributed by atoms with Gasteiger partial charge in [-0.05, 0) is 36.6 Å². The molecule has 0 amide bonds. The third-order valence-electron chi connectivity index (χ3n) is 5.11. The smallest absolute Gasteiger partial charge is 0.191 e. The average Bonchev–Trinajstić information content (AvgIpc) is 2.77. The van der Waals surface area contributed by atoms with E-state index in [1.54, 1.807) is 0 Å². The predicted molar refractivity (Wildman–Crippen MR) is 122 cm³/mol. The second-order valence-corrected chi connectivity index (χ2v) is 7.39. The number of nitrogens with one attached hydrogen (secondary N) is 2. The standard InChI is InChI=1S/C24H34N4O2/c1-3-25-24(26-12-15-30-23-11-7-4-8-20(23)2)27-18-21-9-5-6-10-22(21)19-28-13-16-29-17-14-28/h4-11H,3,12-19H2,1-2H3,(H2,25,26,27). The highest BCUT2D eigenvalue weighted by atomic mass is 16.5. The molecule has 0 bridgehead atoms. The highest BCUT2D eigenvalue weighted by Crippen LogP contribution is 2.16. The minimum absolute atomic E-state index is 0.586. The van der Waals surface area contributed by atoms with Gasteiger partial charge in [0.2, 0.25) is 0 Å². The number of rotatable bonds is 9. The van der Waals surface area contributed by atoms with Crippen molar-refractivity contribution in [2.75, 3.05) is 46.0 Å². The van der Waals surface area contributed by atoms with E-state index >= 15 is 0 Å². The number of hydrogen-bond donors (Lipinski definition) is 2. The molecule has 0 radical (unpaired) electrons. The Morgan fingerprint density at radius 1 is 1.03 bits per heavy atom. The van der Waals surface area contributed by atoms with Crippen LogP contribution in [0.25, 0.3) is 0 Å². The van der Waals surface area contributed by atoms with Gasteiger partial charge in [0.05, 0.1) is 26.3 Å². The number of nitrogens with zero attached hydrogens (tertiary/aromatic N) is 2. The van der Waals surface area contributed by atoms with Gasteiger partial charge in [-0.3, -0.25) is 4.90 Å². The van der Waals surface area contributed by atoms with Gasteiger partial charge in [-0.15, -0.1) is 0 Å². The number of aliphatic imine (C=N–C) groups is 1. The number of aryl methyl sites for hydroxylation is 1. The summed E-state index contributed by atoms with van der Waals surface area (Å²) in [7, 11) is 0. The molecule has 0 saturated carbocycles. The van der Waals surface area contributed by atoms with Crippen LogP contribution in [0.1, 0.15) is 23.6 Å². The molecule has 1 saturated heterocycles. The Kier molecular flexibility index (Phi) is 9.00. The summed E-state index contributed by atoms with van der Waals surface area (Å²) in [4.78, 5) is 7.24. The highest BCUT2D eigenvalue weighted by molar-refractivity contribution is 5.79. The van der Waals surface area contributed by atoms with E-state index in [1.807, 2.05) is 18.2 Å². The Morgan fingerprint density at radius 3 is 2.53 bits per heavy atom. The molecule has 1 aliphatic rings. The van der Waals surface area contributed by atoms with E-state index < -0.39 is 0 Å². The summed E-state index contributed by atoms with van der Waals surface area (Å²) in [5, 5.41) is 6.69. The third-order valence-corrected chi connectivity index (χ3v) is 5.11. The first kappa shape index (κ1) is 22.1. The zero-order chi connectivity index (χ0) is 21.0. The van der Waals surface area contributed by atoms with Crippen molar-refractivity contribution in [2.45, 2.75) is 26.9 Å². The van der Waals surface area contributed by atoms with Crippen LogP contribution >= 0.6 is 0 Å². The fourth-order valence-corrected chi connectivity index (χ4v) is 3.42. The van der Waals surface area contributed by atoms with Crippen LogP contribution in [0, 0.1) is 6.92 Å². The number of guanidine groups is 1. The van der Waals surface area contributed by atoms with Crippen LogP contribution in [0.4, 0.5) is 0 Å². The van der Waals surface area contributed by atoms with Crippen LogP contribution in [0.5, 0.6) is 5.75 Å². The van der Waals surface area contributed by atoms with Gasteiger partial charge >= 0.3 is 0 Å². The quantitative estimate of drug-likeness (QED) is 0.378.